The van der Waals surface area contributed by atoms with Crippen molar-refractivity contribution in [2.45, 2.75) is 45.0 Å². The van der Waals surface area contributed by atoms with E-state index in [1.165, 1.54) is 4.90 Å². The molecule has 2 rings (SSSR count). The first-order valence-corrected chi connectivity index (χ1v) is 6.74. The van der Waals surface area contributed by atoms with E-state index in [9.17, 15) is 9.18 Å². The lowest BCUT2D eigenvalue weighted by molar-refractivity contribution is -0.0398. The fourth-order valence-corrected chi connectivity index (χ4v) is 2.17. The molecule has 2 atom stereocenters. The molecule has 0 spiro atoms. The summed E-state index contributed by atoms with van der Waals surface area (Å²) in [6.07, 6.45) is -0.979. The van der Waals surface area contributed by atoms with Gasteiger partial charge < -0.3 is 10.5 Å². The zero-order valence-corrected chi connectivity index (χ0v) is 12.1. The van der Waals surface area contributed by atoms with Crippen molar-refractivity contribution < 1.29 is 13.9 Å². The van der Waals surface area contributed by atoms with Gasteiger partial charge in [0.25, 0.3) is 0 Å². The second kappa shape index (κ2) is 5.31. The molecule has 5 heteroatoms. The number of nitrogens with two attached hydrogens (primary N) is 1. The number of hydrogen-bond donors (Lipinski definition) is 1. The summed E-state index contributed by atoms with van der Waals surface area (Å²) in [5, 5.41) is 0. The van der Waals surface area contributed by atoms with Gasteiger partial charge in [-0.3, -0.25) is 4.90 Å². The largest absolute Gasteiger partial charge is 0.444 e. The van der Waals surface area contributed by atoms with Gasteiger partial charge in [-0.05, 0) is 44.9 Å². The number of carbonyl (C=O) groups is 1. The predicted octanol–water partition coefficient (Wildman–Crippen LogP) is 2.77. The van der Waals surface area contributed by atoms with Crippen molar-refractivity contribution >= 4 is 11.8 Å². The molecule has 0 unspecified atom stereocenters. The van der Waals surface area contributed by atoms with Gasteiger partial charge in [-0.1, -0.05) is 12.1 Å². The standard InChI is InChI=1S/C15H21FN2O2/c1-15(2,3)20-14(19)18-9-12(16)13(18)8-10-4-6-11(17)7-5-10/h4-7,12-13H,8-9,17H2,1-3H3/t12-,13-/m0/s1. The zero-order valence-electron chi connectivity index (χ0n) is 12.1. The molecule has 1 aliphatic rings. The highest BCUT2D eigenvalue weighted by molar-refractivity contribution is 5.70. The molecule has 0 radical (unpaired) electrons. The molecule has 20 heavy (non-hydrogen) atoms. The van der Waals surface area contributed by atoms with Crippen LogP contribution in [0.15, 0.2) is 24.3 Å². The molecule has 1 aliphatic heterocycles. The van der Waals surface area contributed by atoms with Crippen LogP contribution in [-0.2, 0) is 11.2 Å². The number of likely N-dealkylation sites (tertiary alicyclic amines) is 1. The SMILES string of the molecule is CC(C)(C)OC(=O)N1C[C@H](F)[C@@H]1Cc1ccc(N)cc1. The number of hydrogen-bond acceptors (Lipinski definition) is 3. The Morgan fingerprint density at radius 3 is 2.50 bits per heavy atom. The van der Waals surface area contributed by atoms with Crippen molar-refractivity contribution in [3.8, 4) is 0 Å². The number of rotatable bonds is 2. The maximum absolute atomic E-state index is 13.7. The van der Waals surface area contributed by atoms with E-state index in [-0.39, 0.29) is 6.54 Å². The maximum Gasteiger partial charge on any atom is 0.410 e. The topological polar surface area (TPSA) is 55.6 Å². The summed E-state index contributed by atoms with van der Waals surface area (Å²) in [5.74, 6) is 0. The molecule has 1 saturated heterocycles. The minimum atomic E-state index is -1.000. The Hall–Kier alpha value is -1.78. The van der Waals surface area contributed by atoms with Crippen molar-refractivity contribution in [3.05, 3.63) is 29.8 Å². The van der Waals surface area contributed by atoms with Gasteiger partial charge in [0, 0.05) is 5.69 Å². The number of anilines is 1. The third-order valence-corrected chi connectivity index (χ3v) is 3.24. The zero-order chi connectivity index (χ0) is 14.9. The lowest BCUT2D eigenvalue weighted by Gasteiger charge is -2.44. The Bertz CT molecular complexity index is 482. The minimum Gasteiger partial charge on any atom is -0.444 e. The Morgan fingerprint density at radius 2 is 2.00 bits per heavy atom. The molecule has 0 bridgehead atoms. The molecule has 4 nitrogen and oxygen atoms in total. The fraction of sp³-hybridized carbons (Fsp3) is 0.533. The van der Waals surface area contributed by atoms with Gasteiger partial charge in [-0.2, -0.15) is 0 Å². The van der Waals surface area contributed by atoms with Crippen molar-refractivity contribution in [1.82, 2.24) is 4.90 Å². The van der Waals surface area contributed by atoms with Crippen LogP contribution in [0.3, 0.4) is 0 Å². The predicted molar refractivity (Wildman–Crippen MR) is 76.2 cm³/mol. The molecular weight excluding hydrogens is 259 g/mol. The Kier molecular flexibility index (Phi) is 3.88. The number of ether oxygens (including phenoxy) is 1. The summed E-state index contributed by atoms with van der Waals surface area (Å²) in [7, 11) is 0. The molecule has 1 heterocycles. The van der Waals surface area contributed by atoms with E-state index >= 15 is 0 Å². The van der Waals surface area contributed by atoms with Crippen LogP contribution in [0.2, 0.25) is 0 Å². The van der Waals surface area contributed by atoms with Crippen molar-refractivity contribution in [2.75, 3.05) is 12.3 Å². The van der Waals surface area contributed by atoms with E-state index in [0.717, 1.165) is 5.56 Å². The summed E-state index contributed by atoms with van der Waals surface area (Å²) >= 11 is 0. The molecule has 1 aromatic rings. The average Bonchev–Trinajstić information content (AvgIpc) is 2.32. The summed E-state index contributed by atoms with van der Waals surface area (Å²) in [6, 6.07) is 6.81. The molecule has 110 valence electrons. The van der Waals surface area contributed by atoms with Gasteiger partial charge in [-0.25, -0.2) is 9.18 Å². The van der Waals surface area contributed by atoms with Crippen LogP contribution in [0.4, 0.5) is 14.9 Å². The summed E-state index contributed by atoms with van der Waals surface area (Å²) in [4.78, 5) is 13.4. The monoisotopic (exact) mass is 280 g/mol. The minimum absolute atomic E-state index is 0.106. The molecule has 1 fully saturated rings. The molecular formula is C15H21FN2O2. The van der Waals surface area contributed by atoms with Crippen LogP contribution < -0.4 is 5.73 Å². The number of halogens is 1. The van der Waals surface area contributed by atoms with Crippen LogP contribution in [0, 0.1) is 0 Å². The quantitative estimate of drug-likeness (QED) is 0.847. The smallest absolute Gasteiger partial charge is 0.410 e. The number of amides is 1. The van der Waals surface area contributed by atoms with Crippen LogP contribution in [0.5, 0.6) is 0 Å². The lowest BCUT2D eigenvalue weighted by atomic mass is 9.94. The van der Waals surface area contributed by atoms with Crippen molar-refractivity contribution in [3.63, 3.8) is 0 Å². The second-order valence-electron chi connectivity index (χ2n) is 6.16. The number of carbonyl (C=O) groups excluding carboxylic acids is 1. The van der Waals surface area contributed by atoms with E-state index in [0.29, 0.717) is 12.1 Å². The summed E-state index contributed by atoms with van der Waals surface area (Å²) in [5.41, 5.74) is 6.68. The fourth-order valence-electron chi connectivity index (χ4n) is 2.17. The number of alkyl halides is 1. The van der Waals surface area contributed by atoms with Crippen LogP contribution in [-0.4, -0.2) is 35.4 Å². The number of nitrogen functional groups attached to an aromatic ring is 1. The normalized spacial score (nSPS) is 22.3. The average molecular weight is 280 g/mol. The van der Waals surface area contributed by atoms with E-state index in [1.54, 1.807) is 32.9 Å². The highest BCUT2D eigenvalue weighted by Gasteiger charge is 2.43. The highest BCUT2D eigenvalue weighted by atomic mass is 19.1. The Morgan fingerprint density at radius 1 is 1.40 bits per heavy atom. The van der Waals surface area contributed by atoms with Crippen LogP contribution in [0.25, 0.3) is 0 Å². The first kappa shape index (κ1) is 14.6. The third-order valence-electron chi connectivity index (χ3n) is 3.24. The molecule has 2 N–H and O–H groups in total. The van der Waals surface area contributed by atoms with Crippen molar-refractivity contribution in [1.29, 1.82) is 0 Å². The lowest BCUT2D eigenvalue weighted by Crippen LogP contribution is -2.62. The Balaban J connectivity index is 1.99. The Labute approximate surface area is 118 Å². The third kappa shape index (κ3) is 3.40. The van der Waals surface area contributed by atoms with Gasteiger partial charge >= 0.3 is 6.09 Å². The van der Waals surface area contributed by atoms with Crippen LogP contribution >= 0.6 is 0 Å². The second-order valence-corrected chi connectivity index (χ2v) is 6.16. The first-order chi connectivity index (χ1) is 9.26. The van der Waals surface area contributed by atoms with Crippen LogP contribution in [0.1, 0.15) is 26.3 Å². The van der Waals surface area contributed by atoms with Crippen molar-refractivity contribution in [2.24, 2.45) is 0 Å². The summed E-state index contributed by atoms with van der Waals surface area (Å²) in [6.45, 7) is 5.50. The molecule has 1 aromatic carbocycles. The molecule has 0 aromatic heterocycles. The summed E-state index contributed by atoms with van der Waals surface area (Å²) < 4.78 is 19.0. The van der Waals surface area contributed by atoms with E-state index in [1.807, 2.05) is 12.1 Å². The highest BCUT2D eigenvalue weighted by Crippen LogP contribution is 2.27. The van der Waals surface area contributed by atoms with Gasteiger partial charge in [0.2, 0.25) is 0 Å². The van der Waals surface area contributed by atoms with E-state index in [2.05, 4.69) is 0 Å². The van der Waals surface area contributed by atoms with Gasteiger partial charge in [0.05, 0.1) is 12.6 Å². The van der Waals surface area contributed by atoms with Gasteiger partial charge in [0.15, 0.2) is 0 Å². The molecule has 1 amide bonds. The van der Waals surface area contributed by atoms with E-state index in [4.69, 9.17) is 10.5 Å². The first-order valence-electron chi connectivity index (χ1n) is 6.74. The maximum atomic E-state index is 13.7. The van der Waals surface area contributed by atoms with Gasteiger partial charge in [-0.15, -0.1) is 0 Å². The van der Waals surface area contributed by atoms with Gasteiger partial charge in [0.1, 0.15) is 11.8 Å². The molecule has 0 aliphatic carbocycles. The van der Waals surface area contributed by atoms with E-state index < -0.39 is 23.9 Å². The molecule has 0 saturated carbocycles. The number of benzene rings is 1. The number of nitrogens with zero attached hydrogens (tertiary/aromatic N) is 1.